The van der Waals surface area contributed by atoms with Gasteiger partial charge in [-0.1, -0.05) is 30.7 Å². The van der Waals surface area contributed by atoms with Crippen LogP contribution in [-0.2, 0) is 0 Å². The van der Waals surface area contributed by atoms with Crippen molar-refractivity contribution in [2.75, 3.05) is 45.8 Å². The van der Waals surface area contributed by atoms with Crippen molar-refractivity contribution in [1.82, 2.24) is 20.0 Å². The van der Waals surface area contributed by atoms with E-state index in [0.717, 1.165) is 51.1 Å². The largest absolute Gasteiger partial charge is 0.331 e. The molecule has 2 heterocycles. The van der Waals surface area contributed by atoms with Crippen LogP contribution in [0.3, 0.4) is 0 Å². The maximum Gasteiger partial charge on any atom is 0.317 e. The Morgan fingerprint density at radius 1 is 1.12 bits per heavy atom. The van der Waals surface area contributed by atoms with Crippen molar-refractivity contribution in [3.8, 4) is 0 Å². The summed E-state index contributed by atoms with van der Waals surface area (Å²) >= 11 is 5.94. The third kappa shape index (κ3) is 4.90. The van der Waals surface area contributed by atoms with Crippen LogP contribution >= 0.6 is 11.6 Å². The molecule has 0 aromatic heterocycles. The number of piperazine rings is 1. The molecular weight excluding hydrogens is 348 g/mol. The van der Waals surface area contributed by atoms with Gasteiger partial charge in [0.25, 0.3) is 0 Å². The molecule has 1 N–H and O–H groups in total. The number of nitrogens with one attached hydrogen (secondary N) is 1. The molecule has 2 saturated heterocycles. The number of nitrogens with zero attached hydrogens (tertiary/aromatic N) is 3. The van der Waals surface area contributed by atoms with E-state index in [1.807, 2.05) is 36.1 Å². The second kappa shape index (κ2) is 9.07. The van der Waals surface area contributed by atoms with Crippen molar-refractivity contribution >= 4 is 17.6 Å². The fourth-order valence-corrected chi connectivity index (χ4v) is 4.12. The van der Waals surface area contributed by atoms with Crippen LogP contribution in [0.2, 0.25) is 5.02 Å². The van der Waals surface area contributed by atoms with E-state index in [1.165, 1.54) is 13.1 Å². The highest BCUT2D eigenvalue weighted by molar-refractivity contribution is 6.30. The van der Waals surface area contributed by atoms with Gasteiger partial charge in [0.2, 0.25) is 0 Å². The zero-order chi connectivity index (χ0) is 18.5. The molecule has 0 unspecified atom stereocenters. The Labute approximate surface area is 162 Å². The maximum absolute atomic E-state index is 12.6. The number of rotatable bonds is 4. The summed E-state index contributed by atoms with van der Waals surface area (Å²) in [6.45, 7) is 11.8. The fraction of sp³-hybridized carbons (Fsp3) is 0.650. The molecule has 0 radical (unpaired) electrons. The highest BCUT2D eigenvalue weighted by atomic mass is 35.5. The van der Waals surface area contributed by atoms with Crippen molar-refractivity contribution < 1.29 is 4.79 Å². The number of carbonyl (C=O) groups is 1. The van der Waals surface area contributed by atoms with Crippen molar-refractivity contribution in [3.63, 3.8) is 0 Å². The standard InChI is InChI=1S/C20H31ClN4O/c1-3-23-12-14-24(15-13-23)19-8-10-25(11-9-19)20(26)22-16(2)17-4-6-18(21)7-5-17/h4-7,16,19H,3,8-15H2,1-2H3,(H,22,26)/t16-/m1/s1. The van der Waals surface area contributed by atoms with Gasteiger partial charge in [-0.25, -0.2) is 4.79 Å². The molecule has 144 valence electrons. The van der Waals surface area contributed by atoms with E-state index in [2.05, 4.69) is 22.0 Å². The van der Waals surface area contributed by atoms with E-state index in [0.29, 0.717) is 11.1 Å². The quantitative estimate of drug-likeness (QED) is 0.874. The number of hydrogen-bond donors (Lipinski definition) is 1. The number of likely N-dealkylation sites (N-methyl/N-ethyl adjacent to an activating group) is 1. The summed E-state index contributed by atoms with van der Waals surface area (Å²) in [4.78, 5) is 19.7. The van der Waals surface area contributed by atoms with E-state index in [9.17, 15) is 4.79 Å². The molecule has 3 rings (SSSR count). The van der Waals surface area contributed by atoms with Crippen molar-refractivity contribution in [3.05, 3.63) is 34.9 Å². The van der Waals surface area contributed by atoms with E-state index >= 15 is 0 Å². The van der Waals surface area contributed by atoms with E-state index in [1.54, 1.807) is 0 Å². The summed E-state index contributed by atoms with van der Waals surface area (Å²) in [5.74, 6) is 0. The Morgan fingerprint density at radius 2 is 1.73 bits per heavy atom. The second-order valence-electron chi connectivity index (χ2n) is 7.41. The van der Waals surface area contributed by atoms with Gasteiger partial charge in [0.15, 0.2) is 0 Å². The molecule has 6 heteroatoms. The van der Waals surface area contributed by atoms with Crippen LogP contribution in [0.4, 0.5) is 4.79 Å². The predicted octanol–water partition coefficient (Wildman–Crippen LogP) is 3.21. The molecule has 2 fully saturated rings. The molecule has 0 aliphatic carbocycles. The van der Waals surface area contributed by atoms with Gasteiger partial charge in [-0.05, 0) is 44.0 Å². The van der Waals surface area contributed by atoms with Gasteiger partial charge in [-0.2, -0.15) is 0 Å². The highest BCUT2D eigenvalue weighted by Gasteiger charge is 2.29. The Bertz CT molecular complexity index is 578. The molecule has 26 heavy (non-hydrogen) atoms. The minimum absolute atomic E-state index is 0.0142. The lowest BCUT2D eigenvalue weighted by atomic mass is 10.0. The number of likely N-dealkylation sites (tertiary alicyclic amines) is 1. The zero-order valence-corrected chi connectivity index (χ0v) is 16.7. The number of benzene rings is 1. The van der Waals surface area contributed by atoms with Crippen LogP contribution in [0.25, 0.3) is 0 Å². The first-order chi connectivity index (χ1) is 12.6. The van der Waals surface area contributed by atoms with Crippen molar-refractivity contribution in [2.24, 2.45) is 0 Å². The lowest BCUT2D eigenvalue weighted by Crippen LogP contribution is -2.54. The Kier molecular flexibility index (Phi) is 6.79. The number of hydrogen-bond acceptors (Lipinski definition) is 3. The number of urea groups is 1. The molecule has 0 spiro atoms. The number of amides is 2. The smallest absolute Gasteiger partial charge is 0.317 e. The Balaban J connectivity index is 1.44. The lowest BCUT2D eigenvalue weighted by molar-refractivity contribution is 0.0673. The lowest BCUT2D eigenvalue weighted by Gasteiger charge is -2.42. The molecule has 2 amide bonds. The summed E-state index contributed by atoms with van der Waals surface area (Å²) in [5.41, 5.74) is 1.08. The van der Waals surface area contributed by atoms with Crippen molar-refractivity contribution in [2.45, 2.75) is 38.8 Å². The van der Waals surface area contributed by atoms with E-state index < -0.39 is 0 Å². The number of piperidine rings is 1. The number of halogens is 1. The molecule has 1 aromatic rings. The fourth-order valence-electron chi connectivity index (χ4n) is 3.99. The SMILES string of the molecule is CCN1CCN(C2CCN(C(=O)N[C@H](C)c3ccc(Cl)cc3)CC2)CC1. The normalized spacial score (nSPS) is 21.6. The third-order valence-corrected chi connectivity index (χ3v) is 6.08. The summed E-state index contributed by atoms with van der Waals surface area (Å²) in [6, 6.07) is 8.32. The average molecular weight is 379 g/mol. The minimum Gasteiger partial charge on any atom is -0.331 e. The monoisotopic (exact) mass is 378 g/mol. The first-order valence-electron chi connectivity index (χ1n) is 9.84. The molecule has 2 aliphatic heterocycles. The molecular formula is C20H31ClN4O. The van der Waals surface area contributed by atoms with Gasteiger partial charge < -0.3 is 15.1 Å². The summed E-state index contributed by atoms with van der Waals surface area (Å²) < 4.78 is 0. The molecule has 1 aromatic carbocycles. The van der Waals surface area contributed by atoms with Gasteiger partial charge in [0, 0.05) is 50.3 Å². The van der Waals surface area contributed by atoms with Crippen LogP contribution in [0.15, 0.2) is 24.3 Å². The first-order valence-corrected chi connectivity index (χ1v) is 10.2. The van der Waals surface area contributed by atoms with Gasteiger partial charge in [0.05, 0.1) is 6.04 Å². The van der Waals surface area contributed by atoms with Gasteiger partial charge in [-0.3, -0.25) is 4.90 Å². The number of carbonyl (C=O) groups excluding carboxylic acids is 1. The predicted molar refractivity (Wildman–Crippen MR) is 107 cm³/mol. The Hall–Kier alpha value is -1.30. The topological polar surface area (TPSA) is 38.8 Å². The third-order valence-electron chi connectivity index (χ3n) is 5.83. The van der Waals surface area contributed by atoms with Gasteiger partial charge in [0.1, 0.15) is 0 Å². The molecule has 0 saturated carbocycles. The van der Waals surface area contributed by atoms with Crippen molar-refractivity contribution in [1.29, 1.82) is 0 Å². The zero-order valence-electron chi connectivity index (χ0n) is 16.0. The highest BCUT2D eigenvalue weighted by Crippen LogP contribution is 2.20. The van der Waals surface area contributed by atoms with Crippen LogP contribution < -0.4 is 5.32 Å². The molecule has 2 aliphatic rings. The first kappa shape index (κ1) is 19.5. The second-order valence-corrected chi connectivity index (χ2v) is 7.85. The Morgan fingerprint density at radius 3 is 2.31 bits per heavy atom. The van der Waals surface area contributed by atoms with E-state index in [4.69, 9.17) is 11.6 Å². The van der Waals surface area contributed by atoms with Crippen LogP contribution in [-0.4, -0.2) is 72.6 Å². The maximum atomic E-state index is 12.6. The van der Waals surface area contributed by atoms with Gasteiger partial charge in [-0.15, -0.1) is 0 Å². The summed E-state index contributed by atoms with van der Waals surface area (Å²) in [6.07, 6.45) is 2.16. The van der Waals surface area contributed by atoms with E-state index in [-0.39, 0.29) is 12.1 Å². The molecule has 5 nitrogen and oxygen atoms in total. The molecule has 1 atom stereocenters. The van der Waals surface area contributed by atoms with Gasteiger partial charge >= 0.3 is 6.03 Å². The van der Waals surface area contributed by atoms with Crippen LogP contribution in [0.5, 0.6) is 0 Å². The molecule has 0 bridgehead atoms. The summed E-state index contributed by atoms with van der Waals surface area (Å²) in [7, 11) is 0. The van der Waals surface area contributed by atoms with Crippen LogP contribution in [0, 0.1) is 0 Å². The minimum atomic E-state index is -0.0142. The average Bonchev–Trinajstić information content (AvgIpc) is 2.68. The van der Waals surface area contributed by atoms with Crippen LogP contribution in [0.1, 0.15) is 38.3 Å². The summed E-state index contributed by atoms with van der Waals surface area (Å²) in [5, 5.41) is 3.83.